The van der Waals surface area contributed by atoms with E-state index in [1.54, 1.807) is 19.1 Å². The fourth-order valence-electron chi connectivity index (χ4n) is 3.74. The number of fused-ring (bicyclic) bond motifs is 1. The first kappa shape index (κ1) is 21.6. The van der Waals surface area contributed by atoms with Crippen molar-refractivity contribution in [1.29, 1.82) is 0 Å². The van der Waals surface area contributed by atoms with Crippen LogP contribution in [0.3, 0.4) is 0 Å². The first-order valence-electron chi connectivity index (χ1n) is 10.2. The molecule has 2 unspecified atom stereocenters. The van der Waals surface area contributed by atoms with Crippen molar-refractivity contribution in [2.45, 2.75) is 32.3 Å². The van der Waals surface area contributed by atoms with Gasteiger partial charge in [0.25, 0.3) is 0 Å². The molecule has 4 nitrogen and oxygen atoms in total. The maximum atomic E-state index is 11.5. The SMILES string of the molecule is CCOC(=O)C=Cc1ccc2c(c1)CC(CNCC(O)c1cccc(Cl)c1)CC2. The molecule has 0 fully saturated rings. The van der Waals surface area contributed by atoms with Crippen LogP contribution in [0.4, 0.5) is 0 Å². The predicted octanol–water partition coefficient (Wildman–Crippen LogP) is 4.34. The molecule has 0 heterocycles. The quantitative estimate of drug-likeness (QED) is 0.499. The van der Waals surface area contributed by atoms with E-state index in [9.17, 15) is 9.90 Å². The highest BCUT2D eigenvalue weighted by Crippen LogP contribution is 2.27. The zero-order valence-corrected chi connectivity index (χ0v) is 17.5. The highest BCUT2D eigenvalue weighted by Gasteiger charge is 2.19. The Bertz CT molecular complexity index is 865. The summed E-state index contributed by atoms with van der Waals surface area (Å²) in [5.41, 5.74) is 4.57. The van der Waals surface area contributed by atoms with Gasteiger partial charge in [-0.1, -0.05) is 41.9 Å². The van der Waals surface area contributed by atoms with E-state index in [0.717, 1.165) is 36.9 Å². The second-order valence-electron chi connectivity index (χ2n) is 7.45. The largest absolute Gasteiger partial charge is 0.463 e. The summed E-state index contributed by atoms with van der Waals surface area (Å²) in [6.07, 6.45) is 5.90. The maximum Gasteiger partial charge on any atom is 0.330 e. The van der Waals surface area contributed by atoms with Crippen LogP contribution >= 0.6 is 11.6 Å². The zero-order chi connectivity index (χ0) is 20.6. The van der Waals surface area contributed by atoms with Crippen LogP contribution in [-0.4, -0.2) is 30.8 Å². The molecule has 0 aromatic heterocycles. The lowest BCUT2D eigenvalue weighted by Crippen LogP contribution is -2.30. The van der Waals surface area contributed by atoms with Crippen LogP contribution in [0.1, 0.15) is 41.7 Å². The number of hydrogen-bond donors (Lipinski definition) is 2. The summed E-state index contributed by atoms with van der Waals surface area (Å²) in [7, 11) is 0. The molecule has 0 bridgehead atoms. The summed E-state index contributed by atoms with van der Waals surface area (Å²) in [5.74, 6) is 0.212. The number of aliphatic hydroxyl groups excluding tert-OH is 1. The number of hydrogen-bond acceptors (Lipinski definition) is 4. The maximum absolute atomic E-state index is 11.5. The van der Waals surface area contributed by atoms with Crippen LogP contribution in [0.5, 0.6) is 0 Å². The molecule has 2 aromatic rings. The van der Waals surface area contributed by atoms with Crippen molar-refractivity contribution in [3.8, 4) is 0 Å². The summed E-state index contributed by atoms with van der Waals surface area (Å²) in [4.78, 5) is 11.5. The van der Waals surface area contributed by atoms with Crippen molar-refractivity contribution in [2.24, 2.45) is 5.92 Å². The third-order valence-corrected chi connectivity index (χ3v) is 5.50. The van der Waals surface area contributed by atoms with Gasteiger partial charge in [0.2, 0.25) is 0 Å². The molecule has 2 aromatic carbocycles. The Balaban J connectivity index is 1.52. The fraction of sp³-hybridized carbons (Fsp3) is 0.375. The Kier molecular flexibility index (Phi) is 7.87. The molecular weight excluding hydrogens is 386 g/mol. The van der Waals surface area contributed by atoms with Gasteiger partial charge in [0.1, 0.15) is 0 Å². The molecule has 0 saturated heterocycles. The van der Waals surface area contributed by atoms with E-state index >= 15 is 0 Å². The summed E-state index contributed by atoms with van der Waals surface area (Å²) in [6, 6.07) is 13.7. The molecule has 0 saturated carbocycles. The number of esters is 1. The van der Waals surface area contributed by atoms with Crippen molar-refractivity contribution in [3.05, 3.63) is 75.8 Å². The second-order valence-corrected chi connectivity index (χ2v) is 7.89. The lowest BCUT2D eigenvalue weighted by atomic mass is 9.83. The number of aryl methyl sites for hydroxylation is 1. The van der Waals surface area contributed by atoms with Gasteiger partial charge in [-0.2, -0.15) is 0 Å². The van der Waals surface area contributed by atoms with Gasteiger partial charge in [0, 0.05) is 17.6 Å². The minimum absolute atomic E-state index is 0.314. The molecule has 5 heteroatoms. The number of benzene rings is 2. The van der Waals surface area contributed by atoms with Crippen molar-refractivity contribution < 1.29 is 14.6 Å². The van der Waals surface area contributed by atoms with Crippen LogP contribution in [-0.2, 0) is 22.4 Å². The van der Waals surface area contributed by atoms with Gasteiger partial charge < -0.3 is 15.2 Å². The van der Waals surface area contributed by atoms with Crippen LogP contribution < -0.4 is 5.32 Å². The van der Waals surface area contributed by atoms with Gasteiger partial charge in [0.15, 0.2) is 0 Å². The highest BCUT2D eigenvalue weighted by molar-refractivity contribution is 6.30. The standard InChI is InChI=1S/C24H28ClNO3/c1-2-29-24(28)11-8-17-6-9-19-10-7-18(13-21(19)12-17)15-26-16-23(27)20-4-3-5-22(25)14-20/h3-6,8-9,11-12,14,18,23,26-27H,2,7,10,13,15-16H2,1H3. The molecule has 29 heavy (non-hydrogen) atoms. The molecule has 0 amide bonds. The Labute approximate surface area is 177 Å². The van der Waals surface area contributed by atoms with Gasteiger partial charge in [-0.15, -0.1) is 0 Å². The summed E-state index contributed by atoms with van der Waals surface area (Å²) < 4.78 is 4.93. The molecule has 1 aliphatic rings. The number of halogens is 1. The van der Waals surface area contributed by atoms with Gasteiger partial charge in [0.05, 0.1) is 12.7 Å². The van der Waals surface area contributed by atoms with E-state index in [4.69, 9.17) is 16.3 Å². The fourth-order valence-corrected chi connectivity index (χ4v) is 3.94. The molecule has 2 atom stereocenters. The topological polar surface area (TPSA) is 58.6 Å². The van der Waals surface area contributed by atoms with E-state index in [1.165, 1.54) is 17.2 Å². The number of nitrogens with one attached hydrogen (secondary N) is 1. The molecule has 154 valence electrons. The van der Waals surface area contributed by atoms with E-state index in [2.05, 4.69) is 23.5 Å². The molecule has 0 radical (unpaired) electrons. The first-order chi connectivity index (χ1) is 14.0. The van der Waals surface area contributed by atoms with Crippen molar-refractivity contribution >= 4 is 23.6 Å². The van der Waals surface area contributed by atoms with Crippen LogP contribution in [0.25, 0.3) is 6.08 Å². The molecule has 0 spiro atoms. The molecule has 3 rings (SSSR count). The Morgan fingerprint density at radius 3 is 2.97 bits per heavy atom. The number of ether oxygens (including phenoxy) is 1. The summed E-state index contributed by atoms with van der Waals surface area (Å²) >= 11 is 6.00. The average Bonchev–Trinajstić information content (AvgIpc) is 2.72. The van der Waals surface area contributed by atoms with Crippen molar-refractivity contribution in [2.75, 3.05) is 19.7 Å². The average molecular weight is 414 g/mol. The Morgan fingerprint density at radius 2 is 2.17 bits per heavy atom. The molecule has 0 aliphatic heterocycles. The Morgan fingerprint density at radius 1 is 1.31 bits per heavy atom. The van der Waals surface area contributed by atoms with Crippen LogP contribution in [0.15, 0.2) is 48.5 Å². The number of carbonyl (C=O) groups excluding carboxylic acids is 1. The van der Waals surface area contributed by atoms with Crippen molar-refractivity contribution in [1.82, 2.24) is 5.32 Å². The van der Waals surface area contributed by atoms with Gasteiger partial charge in [-0.05, 0) is 79.1 Å². The monoisotopic (exact) mass is 413 g/mol. The lowest BCUT2D eigenvalue weighted by molar-refractivity contribution is -0.137. The van der Waals surface area contributed by atoms with Gasteiger partial charge >= 0.3 is 5.97 Å². The normalized spacial score (nSPS) is 17.1. The third-order valence-electron chi connectivity index (χ3n) is 5.26. The minimum atomic E-state index is -0.566. The molecule has 2 N–H and O–H groups in total. The summed E-state index contributed by atoms with van der Waals surface area (Å²) in [5, 5.41) is 14.4. The predicted molar refractivity (Wildman–Crippen MR) is 117 cm³/mol. The molecule has 1 aliphatic carbocycles. The second kappa shape index (κ2) is 10.6. The van der Waals surface area contributed by atoms with E-state index in [-0.39, 0.29) is 5.97 Å². The molecular formula is C24H28ClNO3. The van der Waals surface area contributed by atoms with Crippen LogP contribution in [0.2, 0.25) is 5.02 Å². The minimum Gasteiger partial charge on any atom is -0.463 e. The first-order valence-corrected chi connectivity index (χ1v) is 10.5. The smallest absolute Gasteiger partial charge is 0.330 e. The van der Waals surface area contributed by atoms with E-state index < -0.39 is 6.10 Å². The number of carbonyl (C=O) groups is 1. The van der Waals surface area contributed by atoms with Gasteiger partial charge in [-0.25, -0.2) is 4.79 Å². The number of rotatable bonds is 8. The van der Waals surface area contributed by atoms with Crippen LogP contribution in [0, 0.1) is 5.92 Å². The van der Waals surface area contributed by atoms with Gasteiger partial charge in [-0.3, -0.25) is 0 Å². The van der Waals surface area contributed by atoms with Crippen molar-refractivity contribution in [3.63, 3.8) is 0 Å². The highest BCUT2D eigenvalue weighted by atomic mass is 35.5. The van der Waals surface area contributed by atoms with E-state index in [1.807, 2.05) is 18.2 Å². The van der Waals surface area contributed by atoms with E-state index in [0.29, 0.717) is 24.1 Å². The lowest BCUT2D eigenvalue weighted by Gasteiger charge is -2.26. The third kappa shape index (κ3) is 6.43. The zero-order valence-electron chi connectivity index (χ0n) is 16.7. The summed E-state index contributed by atoms with van der Waals surface area (Å²) in [6.45, 7) is 3.55. The number of aliphatic hydroxyl groups is 1. The Hall–Kier alpha value is -2.14.